The van der Waals surface area contributed by atoms with Crippen LogP contribution in [0.25, 0.3) is 0 Å². The van der Waals surface area contributed by atoms with E-state index in [9.17, 15) is 9.59 Å². The monoisotopic (exact) mass is 427 g/mol. The van der Waals surface area contributed by atoms with Gasteiger partial charge in [-0.05, 0) is 56.0 Å². The maximum Gasteiger partial charge on any atom is 0.265 e. The Balaban J connectivity index is 1.50. The third-order valence-corrected chi connectivity index (χ3v) is 5.85. The predicted octanol–water partition coefficient (Wildman–Crippen LogP) is 3.87. The number of amides is 2. The van der Waals surface area contributed by atoms with E-state index in [1.54, 1.807) is 12.1 Å². The van der Waals surface area contributed by atoms with Gasteiger partial charge in [0.25, 0.3) is 5.91 Å². The van der Waals surface area contributed by atoms with Gasteiger partial charge in [-0.15, -0.1) is 0 Å². The zero-order valence-electron chi connectivity index (χ0n) is 17.1. The summed E-state index contributed by atoms with van der Waals surface area (Å²) < 4.78 is 6.03. The first-order valence-electron chi connectivity index (χ1n) is 10.4. The van der Waals surface area contributed by atoms with E-state index in [1.165, 1.54) is 0 Å². The third-order valence-electron chi connectivity index (χ3n) is 5.61. The van der Waals surface area contributed by atoms with Crippen LogP contribution < -0.4 is 15.0 Å². The second-order valence-corrected chi connectivity index (χ2v) is 8.28. The number of nitrogens with zero attached hydrogens (tertiary/aromatic N) is 2. The molecule has 1 N–H and O–H groups in total. The number of carbonyl (C=O) groups excluding carboxylic acids is 2. The van der Waals surface area contributed by atoms with Crippen LogP contribution in [-0.2, 0) is 9.59 Å². The van der Waals surface area contributed by atoms with E-state index in [0.29, 0.717) is 23.0 Å². The molecule has 1 saturated heterocycles. The molecule has 2 aromatic carbocycles. The third kappa shape index (κ3) is 4.54. The molecule has 0 unspecified atom stereocenters. The van der Waals surface area contributed by atoms with Crippen molar-refractivity contribution in [2.24, 2.45) is 0 Å². The number of ether oxygens (including phenoxy) is 1. The summed E-state index contributed by atoms with van der Waals surface area (Å²) in [6.45, 7) is 3.93. The average Bonchev–Trinajstić information content (AvgIpc) is 2.76. The van der Waals surface area contributed by atoms with Crippen molar-refractivity contribution in [1.29, 1.82) is 0 Å². The smallest absolute Gasteiger partial charge is 0.265 e. The lowest BCUT2D eigenvalue weighted by Gasteiger charge is -2.38. The van der Waals surface area contributed by atoms with Crippen molar-refractivity contribution in [3.8, 4) is 5.75 Å². The summed E-state index contributed by atoms with van der Waals surface area (Å²) in [4.78, 5) is 29.6. The maximum atomic E-state index is 13.0. The summed E-state index contributed by atoms with van der Waals surface area (Å²) in [6.07, 6.45) is 2.60. The van der Waals surface area contributed by atoms with Crippen LogP contribution in [0.1, 0.15) is 24.8 Å². The zero-order chi connectivity index (χ0) is 21.1. The molecule has 158 valence electrons. The molecule has 0 aromatic heterocycles. The Kier molecular flexibility index (Phi) is 6.13. The Morgan fingerprint density at radius 2 is 1.90 bits per heavy atom. The lowest BCUT2D eigenvalue weighted by atomic mass is 10.1. The van der Waals surface area contributed by atoms with Gasteiger partial charge in [0.1, 0.15) is 5.75 Å². The molecule has 2 aliphatic rings. The van der Waals surface area contributed by atoms with Crippen LogP contribution in [-0.4, -0.2) is 49.0 Å². The van der Waals surface area contributed by atoms with Crippen molar-refractivity contribution < 1.29 is 14.3 Å². The van der Waals surface area contributed by atoms with Crippen LogP contribution in [0.4, 0.5) is 11.4 Å². The molecule has 0 saturated carbocycles. The number of nitrogens with one attached hydrogen (secondary N) is 1. The molecular weight excluding hydrogens is 402 g/mol. The molecule has 1 fully saturated rings. The molecule has 6 nitrogen and oxygen atoms in total. The summed E-state index contributed by atoms with van der Waals surface area (Å²) in [7, 11) is 0. The van der Waals surface area contributed by atoms with Gasteiger partial charge < -0.3 is 19.9 Å². The number of anilines is 2. The number of halogens is 1. The van der Waals surface area contributed by atoms with E-state index >= 15 is 0 Å². The number of hydrogen-bond acceptors (Lipinski definition) is 4. The highest BCUT2D eigenvalue weighted by molar-refractivity contribution is 6.31. The Labute approximate surface area is 181 Å². The minimum atomic E-state index is -0.612. The van der Waals surface area contributed by atoms with E-state index in [4.69, 9.17) is 16.3 Å². The number of fused-ring (bicyclic) bond motifs is 1. The molecule has 4 rings (SSSR count). The van der Waals surface area contributed by atoms with Gasteiger partial charge in [-0.1, -0.05) is 29.8 Å². The van der Waals surface area contributed by atoms with Crippen LogP contribution in [0.15, 0.2) is 42.5 Å². The molecule has 2 aliphatic heterocycles. The van der Waals surface area contributed by atoms with Gasteiger partial charge in [-0.25, -0.2) is 0 Å². The highest BCUT2D eigenvalue weighted by Gasteiger charge is 2.34. The SMILES string of the molecule is Cc1ccc(Cl)cc1NC(=O)CN1C[C@@H](C(=O)N2CCCCC2)Oc2ccccc21. The lowest BCUT2D eigenvalue weighted by molar-refractivity contribution is -0.139. The first-order valence-corrected chi connectivity index (χ1v) is 10.7. The highest BCUT2D eigenvalue weighted by Crippen LogP contribution is 2.33. The lowest BCUT2D eigenvalue weighted by Crippen LogP contribution is -2.52. The fourth-order valence-electron chi connectivity index (χ4n) is 4.00. The van der Waals surface area contributed by atoms with Gasteiger partial charge in [-0.3, -0.25) is 9.59 Å². The van der Waals surface area contributed by atoms with Crippen LogP contribution in [0.2, 0.25) is 5.02 Å². The largest absolute Gasteiger partial charge is 0.477 e. The molecule has 2 aromatic rings. The van der Waals surface area contributed by atoms with Gasteiger partial charge >= 0.3 is 0 Å². The molecule has 0 spiro atoms. The highest BCUT2D eigenvalue weighted by atomic mass is 35.5. The molecular formula is C23H26ClN3O3. The van der Waals surface area contributed by atoms with Crippen molar-refractivity contribution in [3.63, 3.8) is 0 Å². The normalized spacial score (nSPS) is 18.4. The number of para-hydroxylation sites is 2. The van der Waals surface area contributed by atoms with Gasteiger partial charge in [0.2, 0.25) is 5.91 Å². The summed E-state index contributed by atoms with van der Waals surface area (Å²) in [6, 6.07) is 12.9. The molecule has 0 aliphatic carbocycles. The Morgan fingerprint density at radius 1 is 1.13 bits per heavy atom. The predicted molar refractivity (Wildman–Crippen MR) is 118 cm³/mol. The second kappa shape index (κ2) is 8.96. The van der Waals surface area contributed by atoms with Gasteiger partial charge in [0.05, 0.1) is 18.8 Å². The van der Waals surface area contributed by atoms with E-state index in [0.717, 1.165) is 43.6 Å². The number of hydrogen-bond donors (Lipinski definition) is 1. The minimum Gasteiger partial charge on any atom is -0.477 e. The number of likely N-dealkylation sites (tertiary alicyclic amines) is 1. The van der Waals surface area contributed by atoms with E-state index in [1.807, 2.05) is 47.1 Å². The molecule has 7 heteroatoms. The van der Waals surface area contributed by atoms with Crippen molar-refractivity contribution in [2.75, 3.05) is 36.4 Å². The zero-order valence-corrected chi connectivity index (χ0v) is 17.8. The molecule has 30 heavy (non-hydrogen) atoms. The first-order chi connectivity index (χ1) is 14.5. The average molecular weight is 428 g/mol. The van der Waals surface area contributed by atoms with E-state index < -0.39 is 6.10 Å². The maximum absolute atomic E-state index is 13.0. The number of piperidine rings is 1. The van der Waals surface area contributed by atoms with Crippen molar-refractivity contribution in [3.05, 3.63) is 53.1 Å². The van der Waals surface area contributed by atoms with Crippen LogP contribution in [0, 0.1) is 6.92 Å². The number of aryl methyl sites for hydroxylation is 1. The molecule has 0 radical (unpaired) electrons. The minimum absolute atomic E-state index is 0.000275. The van der Waals surface area contributed by atoms with Crippen LogP contribution in [0.3, 0.4) is 0 Å². The van der Waals surface area contributed by atoms with Gasteiger partial charge in [-0.2, -0.15) is 0 Å². The van der Waals surface area contributed by atoms with Crippen LogP contribution >= 0.6 is 11.6 Å². The summed E-state index contributed by atoms with van der Waals surface area (Å²) in [5.41, 5.74) is 2.45. The first kappa shape index (κ1) is 20.5. The topological polar surface area (TPSA) is 61.9 Å². The van der Waals surface area contributed by atoms with E-state index in [-0.39, 0.29) is 18.4 Å². The standard InChI is InChI=1S/C23H26ClN3O3/c1-16-9-10-17(24)13-18(16)25-22(28)15-27-14-21(23(29)26-11-5-2-6-12-26)30-20-8-4-3-7-19(20)27/h3-4,7-10,13,21H,2,5-6,11-12,14-15H2,1H3,(H,25,28)/t21-/m0/s1. The summed E-state index contributed by atoms with van der Waals surface area (Å²) in [5, 5.41) is 3.50. The van der Waals surface area contributed by atoms with Crippen molar-refractivity contribution >= 4 is 34.8 Å². The second-order valence-electron chi connectivity index (χ2n) is 7.85. The van der Waals surface area contributed by atoms with Crippen molar-refractivity contribution in [2.45, 2.75) is 32.3 Å². The Morgan fingerprint density at radius 3 is 2.70 bits per heavy atom. The van der Waals surface area contributed by atoms with Crippen molar-refractivity contribution in [1.82, 2.24) is 4.90 Å². The molecule has 2 heterocycles. The van der Waals surface area contributed by atoms with Gasteiger partial charge in [0.15, 0.2) is 6.10 Å². The molecule has 0 bridgehead atoms. The molecule has 1 atom stereocenters. The Hall–Kier alpha value is -2.73. The fourth-order valence-corrected chi connectivity index (χ4v) is 4.17. The van der Waals surface area contributed by atoms with Crippen LogP contribution in [0.5, 0.6) is 5.75 Å². The van der Waals surface area contributed by atoms with E-state index in [2.05, 4.69) is 5.32 Å². The van der Waals surface area contributed by atoms with Gasteiger partial charge in [0, 0.05) is 23.8 Å². The molecule has 2 amide bonds. The Bertz CT molecular complexity index is 943. The number of rotatable bonds is 4. The number of carbonyl (C=O) groups is 2. The summed E-state index contributed by atoms with van der Waals surface area (Å²) >= 11 is 6.07. The summed E-state index contributed by atoms with van der Waals surface area (Å²) in [5.74, 6) is 0.465. The number of benzene rings is 2. The fraction of sp³-hybridized carbons (Fsp3) is 0.391. The quantitative estimate of drug-likeness (QED) is 0.804.